The number of benzene rings is 1. The molecule has 0 unspecified atom stereocenters. The van der Waals surface area contributed by atoms with Gasteiger partial charge >= 0.3 is 0 Å². The monoisotopic (exact) mass is 261 g/mol. The van der Waals surface area contributed by atoms with Gasteiger partial charge in [-0.3, -0.25) is 4.79 Å². The molecule has 0 aromatic heterocycles. The molecule has 19 heavy (non-hydrogen) atoms. The van der Waals surface area contributed by atoms with Crippen molar-refractivity contribution >= 4 is 11.6 Å². The largest absolute Gasteiger partial charge is 0.370 e. The van der Waals surface area contributed by atoms with Crippen LogP contribution in [0, 0.1) is 6.92 Å². The molecule has 1 fully saturated rings. The molecule has 1 heterocycles. The van der Waals surface area contributed by atoms with Crippen LogP contribution in [0.4, 0.5) is 5.69 Å². The fraction of sp³-hybridized carbons (Fsp3) is 0.533. The van der Waals surface area contributed by atoms with Crippen molar-refractivity contribution in [1.29, 1.82) is 0 Å². The van der Waals surface area contributed by atoms with Crippen molar-refractivity contribution in [3.8, 4) is 0 Å². The van der Waals surface area contributed by atoms with Gasteiger partial charge in [0.25, 0.3) is 0 Å². The predicted molar refractivity (Wildman–Crippen MR) is 78.2 cm³/mol. The van der Waals surface area contributed by atoms with E-state index in [9.17, 15) is 4.79 Å². The van der Waals surface area contributed by atoms with E-state index in [1.807, 2.05) is 4.90 Å². The summed E-state index contributed by atoms with van der Waals surface area (Å²) in [5.74, 6) is 0.177. The van der Waals surface area contributed by atoms with Gasteiger partial charge in [0.2, 0.25) is 5.91 Å². The molecule has 0 bridgehead atoms. The SMILES string of the molecule is CC(=O)N1CCCN(c2ccc(CN)c(C)c2)CC1. The minimum absolute atomic E-state index is 0.177. The Labute approximate surface area is 115 Å². The highest BCUT2D eigenvalue weighted by molar-refractivity contribution is 5.73. The molecule has 0 atom stereocenters. The molecule has 1 aromatic carbocycles. The second-order valence-electron chi connectivity index (χ2n) is 5.16. The van der Waals surface area contributed by atoms with Crippen LogP contribution in [-0.4, -0.2) is 37.0 Å². The first-order chi connectivity index (χ1) is 9.11. The van der Waals surface area contributed by atoms with E-state index < -0.39 is 0 Å². The number of rotatable bonds is 2. The van der Waals surface area contributed by atoms with Gasteiger partial charge < -0.3 is 15.5 Å². The Bertz CT molecular complexity index is 459. The van der Waals surface area contributed by atoms with Gasteiger partial charge in [-0.1, -0.05) is 6.07 Å². The lowest BCUT2D eigenvalue weighted by atomic mass is 10.1. The van der Waals surface area contributed by atoms with Gasteiger partial charge in [0.15, 0.2) is 0 Å². The van der Waals surface area contributed by atoms with E-state index in [0.29, 0.717) is 6.54 Å². The van der Waals surface area contributed by atoms with Crippen LogP contribution in [-0.2, 0) is 11.3 Å². The molecule has 104 valence electrons. The lowest BCUT2D eigenvalue weighted by molar-refractivity contribution is -0.128. The molecule has 4 nitrogen and oxygen atoms in total. The molecule has 0 saturated carbocycles. The third kappa shape index (κ3) is 3.26. The zero-order chi connectivity index (χ0) is 13.8. The van der Waals surface area contributed by atoms with E-state index >= 15 is 0 Å². The molecule has 2 N–H and O–H groups in total. The predicted octanol–water partition coefficient (Wildman–Crippen LogP) is 1.51. The number of amides is 1. The normalized spacial score (nSPS) is 16.4. The van der Waals surface area contributed by atoms with Gasteiger partial charge in [-0.15, -0.1) is 0 Å². The van der Waals surface area contributed by atoms with Gasteiger partial charge in [-0.05, 0) is 36.6 Å². The van der Waals surface area contributed by atoms with E-state index in [2.05, 4.69) is 30.0 Å². The molecule has 2 rings (SSSR count). The van der Waals surface area contributed by atoms with Crippen molar-refractivity contribution < 1.29 is 4.79 Å². The molecule has 1 saturated heterocycles. The summed E-state index contributed by atoms with van der Waals surface area (Å²) in [6.07, 6.45) is 1.03. The molecular weight excluding hydrogens is 238 g/mol. The van der Waals surface area contributed by atoms with Crippen LogP contribution in [0.2, 0.25) is 0 Å². The van der Waals surface area contributed by atoms with Gasteiger partial charge in [0.1, 0.15) is 0 Å². The van der Waals surface area contributed by atoms with Crippen LogP contribution >= 0.6 is 0 Å². The third-order valence-electron chi connectivity index (χ3n) is 3.85. The summed E-state index contributed by atoms with van der Waals surface area (Å²) < 4.78 is 0. The second-order valence-corrected chi connectivity index (χ2v) is 5.16. The first-order valence-corrected chi connectivity index (χ1v) is 6.92. The van der Waals surface area contributed by atoms with Gasteiger partial charge in [0, 0.05) is 45.3 Å². The Morgan fingerprint density at radius 3 is 2.68 bits per heavy atom. The van der Waals surface area contributed by atoms with Crippen molar-refractivity contribution in [3.05, 3.63) is 29.3 Å². The molecule has 1 aromatic rings. The van der Waals surface area contributed by atoms with Crippen LogP contribution in [0.25, 0.3) is 0 Å². The molecule has 0 aliphatic carbocycles. The smallest absolute Gasteiger partial charge is 0.219 e. The number of nitrogens with zero attached hydrogens (tertiary/aromatic N) is 2. The zero-order valence-corrected chi connectivity index (χ0v) is 11.9. The van der Waals surface area contributed by atoms with Crippen LogP contribution in [0.5, 0.6) is 0 Å². The van der Waals surface area contributed by atoms with E-state index in [-0.39, 0.29) is 5.91 Å². The van der Waals surface area contributed by atoms with Crippen LogP contribution in [0.15, 0.2) is 18.2 Å². The topological polar surface area (TPSA) is 49.6 Å². The van der Waals surface area contributed by atoms with E-state index in [4.69, 9.17) is 5.73 Å². The fourth-order valence-corrected chi connectivity index (χ4v) is 2.60. The molecule has 1 aliphatic rings. The van der Waals surface area contributed by atoms with Crippen molar-refractivity contribution in [2.24, 2.45) is 5.73 Å². The summed E-state index contributed by atoms with van der Waals surface area (Å²) in [4.78, 5) is 15.7. The fourth-order valence-electron chi connectivity index (χ4n) is 2.60. The highest BCUT2D eigenvalue weighted by Crippen LogP contribution is 2.20. The third-order valence-corrected chi connectivity index (χ3v) is 3.85. The summed E-state index contributed by atoms with van der Waals surface area (Å²) in [5.41, 5.74) is 9.38. The first kappa shape index (κ1) is 13.9. The minimum Gasteiger partial charge on any atom is -0.370 e. The van der Waals surface area contributed by atoms with Gasteiger partial charge in [-0.25, -0.2) is 0 Å². The Balaban J connectivity index is 2.10. The molecule has 0 spiro atoms. The van der Waals surface area contributed by atoms with E-state index in [1.54, 1.807) is 6.92 Å². The minimum atomic E-state index is 0.177. The first-order valence-electron chi connectivity index (χ1n) is 6.92. The summed E-state index contributed by atoms with van der Waals surface area (Å²) in [6, 6.07) is 6.45. The summed E-state index contributed by atoms with van der Waals surface area (Å²) in [6.45, 7) is 7.93. The number of hydrogen-bond acceptors (Lipinski definition) is 3. The quantitative estimate of drug-likeness (QED) is 0.878. The lowest BCUT2D eigenvalue weighted by Gasteiger charge is -2.24. The summed E-state index contributed by atoms with van der Waals surface area (Å²) in [7, 11) is 0. The second kappa shape index (κ2) is 6.06. The number of carbonyl (C=O) groups excluding carboxylic acids is 1. The molecule has 1 aliphatic heterocycles. The maximum Gasteiger partial charge on any atom is 0.219 e. The Morgan fingerprint density at radius 1 is 1.26 bits per heavy atom. The van der Waals surface area contributed by atoms with Crippen molar-refractivity contribution in [2.75, 3.05) is 31.1 Å². The maximum atomic E-state index is 11.4. The van der Waals surface area contributed by atoms with Gasteiger partial charge in [0.05, 0.1) is 0 Å². The summed E-state index contributed by atoms with van der Waals surface area (Å²) >= 11 is 0. The number of nitrogens with two attached hydrogens (primary N) is 1. The van der Waals surface area contributed by atoms with Crippen LogP contribution < -0.4 is 10.6 Å². The lowest BCUT2D eigenvalue weighted by Crippen LogP contribution is -2.33. The standard InChI is InChI=1S/C15H23N3O/c1-12-10-15(5-4-14(12)11-16)18-7-3-6-17(8-9-18)13(2)19/h4-5,10H,3,6-9,11,16H2,1-2H3. The highest BCUT2D eigenvalue weighted by atomic mass is 16.2. The Hall–Kier alpha value is -1.55. The molecule has 1 amide bonds. The molecular formula is C15H23N3O. The van der Waals surface area contributed by atoms with Crippen molar-refractivity contribution in [1.82, 2.24) is 4.90 Å². The number of carbonyl (C=O) groups is 1. The maximum absolute atomic E-state index is 11.4. The van der Waals surface area contributed by atoms with Crippen LogP contribution in [0.1, 0.15) is 24.5 Å². The molecule has 4 heteroatoms. The summed E-state index contributed by atoms with van der Waals surface area (Å²) in [5, 5.41) is 0. The zero-order valence-electron chi connectivity index (χ0n) is 11.9. The van der Waals surface area contributed by atoms with Crippen molar-refractivity contribution in [2.45, 2.75) is 26.8 Å². The van der Waals surface area contributed by atoms with E-state index in [1.165, 1.54) is 16.8 Å². The van der Waals surface area contributed by atoms with Crippen molar-refractivity contribution in [3.63, 3.8) is 0 Å². The van der Waals surface area contributed by atoms with E-state index in [0.717, 1.165) is 32.6 Å². The van der Waals surface area contributed by atoms with Gasteiger partial charge in [-0.2, -0.15) is 0 Å². The highest BCUT2D eigenvalue weighted by Gasteiger charge is 2.16. The molecule has 0 radical (unpaired) electrons. The number of hydrogen-bond donors (Lipinski definition) is 1. The van der Waals surface area contributed by atoms with Crippen LogP contribution in [0.3, 0.4) is 0 Å². The Kier molecular flexibility index (Phi) is 4.43. The number of aryl methyl sites for hydroxylation is 1. The number of anilines is 1. The average Bonchev–Trinajstić information content (AvgIpc) is 2.64. The Morgan fingerprint density at radius 2 is 2.05 bits per heavy atom. The average molecular weight is 261 g/mol.